The number of hydrogen-bond acceptors (Lipinski definition) is 5. The largest absolute Gasteiger partial charge is 0.497 e. The summed E-state index contributed by atoms with van der Waals surface area (Å²) in [4.78, 5) is 30.9. The van der Waals surface area contributed by atoms with Crippen molar-refractivity contribution in [2.24, 2.45) is 0 Å². The van der Waals surface area contributed by atoms with Crippen molar-refractivity contribution in [2.75, 3.05) is 17.3 Å². The number of methoxy groups -OCH3 is 1. The minimum absolute atomic E-state index is 0.0225. The van der Waals surface area contributed by atoms with Gasteiger partial charge in [-0.05, 0) is 77.9 Å². The molecule has 1 aromatic heterocycles. The molecule has 5 nitrogen and oxygen atoms in total. The van der Waals surface area contributed by atoms with Gasteiger partial charge in [-0.3, -0.25) is 14.5 Å². The van der Waals surface area contributed by atoms with E-state index in [1.54, 1.807) is 47.6 Å². The maximum Gasteiger partial charge on any atom is 0.259 e. The number of nitrogens with zero attached hydrogens (tertiary/aromatic N) is 1. The van der Waals surface area contributed by atoms with Crippen LogP contribution in [0, 0.1) is 0 Å². The molecule has 0 saturated heterocycles. The van der Waals surface area contributed by atoms with Crippen LogP contribution in [-0.2, 0) is 4.79 Å². The molecule has 38 heavy (non-hydrogen) atoms. The van der Waals surface area contributed by atoms with Gasteiger partial charge >= 0.3 is 0 Å². The number of Topliss-reactive ketones (excluding diaryl/α,β-unsaturated/α-hetero) is 1. The summed E-state index contributed by atoms with van der Waals surface area (Å²) < 4.78 is 5.32. The summed E-state index contributed by atoms with van der Waals surface area (Å²) in [5.41, 5.74) is 4.63. The van der Waals surface area contributed by atoms with E-state index in [-0.39, 0.29) is 17.6 Å². The zero-order valence-electron chi connectivity index (χ0n) is 20.7. The molecular formula is C31H25ClN2O3S. The van der Waals surface area contributed by atoms with Crippen LogP contribution in [0.5, 0.6) is 5.75 Å². The Hall–Kier alpha value is -3.87. The van der Waals surface area contributed by atoms with Crippen molar-refractivity contribution >= 4 is 46.0 Å². The molecule has 3 aromatic carbocycles. The second kappa shape index (κ2) is 10.1. The van der Waals surface area contributed by atoms with Crippen LogP contribution in [-0.4, -0.2) is 18.8 Å². The Morgan fingerprint density at radius 3 is 2.45 bits per heavy atom. The molecule has 4 aromatic rings. The summed E-state index contributed by atoms with van der Waals surface area (Å²) in [6.45, 7) is 0. The second-order valence-corrected chi connectivity index (χ2v) is 10.9. The molecule has 0 fully saturated rings. The first-order chi connectivity index (χ1) is 18.5. The van der Waals surface area contributed by atoms with E-state index in [0.717, 1.165) is 33.3 Å². The number of allylic oxidation sites excluding steroid dienone is 1. The molecule has 2 heterocycles. The molecule has 6 rings (SSSR count). The van der Waals surface area contributed by atoms with Gasteiger partial charge in [-0.1, -0.05) is 41.9 Å². The number of amides is 1. The van der Waals surface area contributed by atoms with Crippen molar-refractivity contribution in [3.63, 3.8) is 0 Å². The maximum absolute atomic E-state index is 14.2. The zero-order valence-corrected chi connectivity index (χ0v) is 22.3. The van der Waals surface area contributed by atoms with Gasteiger partial charge in [0.15, 0.2) is 5.78 Å². The first-order valence-corrected chi connectivity index (χ1v) is 13.7. The monoisotopic (exact) mass is 540 g/mol. The third kappa shape index (κ3) is 4.40. The highest BCUT2D eigenvalue weighted by molar-refractivity contribution is 7.10. The van der Waals surface area contributed by atoms with Crippen molar-refractivity contribution in [2.45, 2.75) is 24.8 Å². The molecule has 1 aliphatic heterocycles. The fourth-order valence-electron chi connectivity index (χ4n) is 5.37. The maximum atomic E-state index is 14.2. The van der Waals surface area contributed by atoms with Crippen molar-refractivity contribution in [3.8, 4) is 5.75 Å². The first-order valence-electron chi connectivity index (χ1n) is 12.4. The van der Waals surface area contributed by atoms with Crippen molar-refractivity contribution < 1.29 is 14.3 Å². The van der Waals surface area contributed by atoms with Crippen LogP contribution in [0.15, 0.2) is 102 Å². The van der Waals surface area contributed by atoms with Crippen LogP contribution in [0.3, 0.4) is 0 Å². The molecule has 2 aliphatic rings. The van der Waals surface area contributed by atoms with Crippen molar-refractivity contribution in [1.29, 1.82) is 0 Å². The van der Waals surface area contributed by atoms with E-state index in [1.807, 2.05) is 66.0 Å². The number of halogens is 1. The summed E-state index contributed by atoms with van der Waals surface area (Å²) in [6, 6.07) is 26.0. The number of para-hydroxylation sites is 2. The number of benzene rings is 3. The van der Waals surface area contributed by atoms with Gasteiger partial charge in [0.05, 0.1) is 18.5 Å². The van der Waals surface area contributed by atoms with E-state index >= 15 is 0 Å². The van der Waals surface area contributed by atoms with Crippen LogP contribution >= 0.6 is 22.9 Å². The lowest BCUT2D eigenvalue weighted by Gasteiger charge is -2.34. The summed E-state index contributed by atoms with van der Waals surface area (Å²) >= 11 is 7.67. The van der Waals surface area contributed by atoms with Gasteiger partial charge in [0.25, 0.3) is 5.91 Å². The average Bonchev–Trinajstić information content (AvgIpc) is 3.43. The Bertz CT molecular complexity index is 1530. The number of fused-ring (bicyclic) bond motifs is 1. The quantitative estimate of drug-likeness (QED) is 0.289. The Morgan fingerprint density at radius 2 is 1.74 bits per heavy atom. The second-order valence-electron chi connectivity index (χ2n) is 9.44. The fraction of sp³-hybridized carbons (Fsp3) is 0.161. The van der Waals surface area contributed by atoms with Crippen LogP contribution in [0.4, 0.5) is 11.4 Å². The molecule has 0 saturated carbocycles. The zero-order chi connectivity index (χ0) is 26.2. The molecule has 2 atom stereocenters. The molecule has 0 spiro atoms. The molecule has 0 bridgehead atoms. The number of nitrogens with one attached hydrogen (secondary N) is 1. The number of anilines is 2. The Kier molecular flexibility index (Phi) is 6.52. The summed E-state index contributed by atoms with van der Waals surface area (Å²) in [5.74, 6) is 0.661. The minimum atomic E-state index is -0.548. The third-order valence-corrected chi connectivity index (χ3v) is 8.38. The van der Waals surface area contributed by atoms with E-state index in [2.05, 4.69) is 5.32 Å². The molecule has 0 radical (unpaired) electrons. The van der Waals surface area contributed by atoms with Gasteiger partial charge in [0.2, 0.25) is 0 Å². The number of rotatable bonds is 4. The Balaban J connectivity index is 1.50. The van der Waals surface area contributed by atoms with E-state index in [4.69, 9.17) is 16.3 Å². The molecular weight excluding hydrogens is 516 g/mol. The highest BCUT2D eigenvalue weighted by atomic mass is 35.5. The SMILES string of the molecule is COc1ccc([C@@H]2CC(=O)C3=C(C2)Nc2ccccc2N(C(=O)c2ccc(Cl)cc2)[C@@H]3c2cccs2)cc1. The number of hydrogen-bond donors (Lipinski definition) is 1. The van der Waals surface area contributed by atoms with Crippen molar-refractivity contribution in [1.82, 2.24) is 0 Å². The molecule has 1 N–H and O–H groups in total. The summed E-state index contributed by atoms with van der Waals surface area (Å²) in [5, 5.41) is 6.12. The molecule has 0 unspecified atom stereocenters. The third-order valence-electron chi connectivity index (χ3n) is 7.20. The van der Waals surface area contributed by atoms with Crippen LogP contribution in [0.1, 0.15) is 45.6 Å². The topological polar surface area (TPSA) is 58.6 Å². The lowest BCUT2D eigenvalue weighted by Crippen LogP contribution is -2.38. The molecule has 1 amide bonds. The minimum Gasteiger partial charge on any atom is -0.497 e. The van der Waals surface area contributed by atoms with E-state index < -0.39 is 6.04 Å². The number of ether oxygens (including phenoxy) is 1. The van der Waals surface area contributed by atoms with Crippen molar-refractivity contribution in [3.05, 3.63) is 123 Å². The summed E-state index contributed by atoms with van der Waals surface area (Å²) in [6.07, 6.45) is 1.03. The average molecular weight is 541 g/mol. The molecule has 7 heteroatoms. The van der Waals surface area contributed by atoms with E-state index in [9.17, 15) is 9.59 Å². The highest BCUT2D eigenvalue weighted by Gasteiger charge is 2.42. The lowest BCUT2D eigenvalue weighted by molar-refractivity contribution is -0.116. The van der Waals surface area contributed by atoms with Crippen LogP contribution in [0.25, 0.3) is 0 Å². The van der Waals surface area contributed by atoms with E-state index in [1.165, 1.54) is 0 Å². The van der Waals surface area contributed by atoms with Crippen LogP contribution in [0.2, 0.25) is 5.02 Å². The fourth-order valence-corrected chi connectivity index (χ4v) is 6.32. The Labute approximate surface area is 230 Å². The predicted molar refractivity (Wildman–Crippen MR) is 152 cm³/mol. The van der Waals surface area contributed by atoms with Gasteiger partial charge in [-0.25, -0.2) is 0 Å². The predicted octanol–water partition coefficient (Wildman–Crippen LogP) is 7.62. The first kappa shape index (κ1) is 24.5. The van der Waals surface area contributed by atoms with Gasteiger partial charge in [-0.15, -0.1) is 11.3 Å². The smallest absolute Gasteiger partial charge is 0.259 e. The number of carbonyl (C=O) groups is 2. The standard InChI is InChI=1S/C31H25ClN2O3S/c1-37-23-14-10-19(11-15-23)21-17-25-29(27(35)18-21)30(28-7-4-16-38-28)34(26-6-3-2-5-24(26)33-25)31(36)20-8-12-22(32)13-9-20/h2-16,21,30,33H,17-18H2,1H3/t21-,30+/m0/s1. The normalized spacial score (nSPS) is 18.8. The summed E-state index contributed by atoms with van der Waals surface area (Å²) in [7, 11) is 1.64. The molecule has 190 valence electrons. The number of ketones is 1. The molecule has 1 aliphatic carbocycles. The van der Waals surface area contributed by atoms with E-state index in [0.29, 0.717) is 29.0 Å². The van der Waals surface area contributed by atoms with Gasteiger partial charge < -0.3 is 10.1 Å². The van der Waals surface area contributed by atoms with Gasteiger partial charge in [0, 0.05) is 33.2 Å². The number of thiophene rings is 1. The van der Waals surface area contributed by atoms with Crippen LogP contribution < -0.4 is 15.0 Å². The lowest BCUT2D eigenvalue weighted by atomic mass is 9.79. The number of carbonyl (C=O) groups excluding carboxylic acids is 2. The Morgan fingerprint density at radius 1 is 0.974 bits per heavy atom. The van der Waals surface area contributed by atoms with Gasteiger partial charge in [-0.2, -0.15) is 0 Å². The van der Waals surface area contributed by atoms with Gasteiger partial charge in [0.1, 0.15) is 11.8 Å². The highest BCUT2D eigenvalue weighted by Crippen LogP contribution is 2.48.